The number of nitrogens with zero attached hydrogens (tertiary/aromatic N) is 1. The van der Waals surface area contributed by atoms with Crippen molar-refractivity contribution in [3.8, 4) is 0 Å². The standard InChI is InChI=1S/C17H32N2/c18-13-17(10-4-1-5-11-17)14-19-12-6-8-15-7-2-3-9-16(15)19/h15-16H,1-14,18H2/t15-,16-/m1/s1. The second-order valence-corrected chi connectivity index (χ2v) is 7.49. The lowest BCUT2D eigenvalue weighted by Gasteiger charge is -2.49. The second-order valence-electron chi connectivity index (χ2n) is 7.49. The summed E-state index contributed by atoms with van der Waals surface area (Å²) in [5.41, 5.74) is 6.67. The Bertz CT molecular complexity index is 281. The van der Waals surface area contributed by atoms with Gasteiger partial charge in [-0.3, -0.25) is 4.90 Å². The first-order valence-corrected chi connectivity index (χ1v) is 8.77. The van der Waals surface area contributed by atoms with Crippen molar-refractivity contribution in [3.05, 3.63) is 0 Å². The molecule has 1 heterocycles. The maximum atomic E-state index is 6.20. The van der Waals surface area contributed by atoms with Crippen LogP contribution in [-0.4, -0.2) is 30.6 Å². The molecule has 1 saturated heterocycles. The van der Waals surface area contributed by atoms with Crippen LogP contribution in [0.25, 0.3) is 0 Å². The summed E-state index contributed by atoms with van der Waals surface area (Å²) < 4.78 is 0. The van der Waals surface area contributed by atoms with Crippen LogP contribution in [0.2, 0.25) is 0 Å². The average molecular weight is 264 g/mol. The number of hydrogen-bond acceptors (Lipinski definition) is 2. The molecule has 2 saturated carbocycles. The van der Waals surface area contributed by atoms with Gasteiger partial charge in [-0.15, -0.1) is 0 Å². The van der Waals surface area contributed by atoms with Crippen LogP contribution in [0.4, 0.5) is 0 Å². The molecule has 0 aromatic rings. The summed E-state index contributed by atoms with van der Waals surface area (Å²) in [6, 6.07) is 0.910. The highest BCUT2D eigenvalue weighted by molar-refractivity contribution is 4.93. The minimum absolute atomic E-state index is 0.470. The summed E-state index contributed by atoms with van der Waals surface area (Å²) in [6.07, 6.45) is 15.9. The molecule has 1 aliphatic heterocycles. The molecule has 3 fully saturated rings. The Balaban J connectivity index is 1.66. The molecule has 2 atom stereocenters. The van der Waals surface area contributed by atoms with Crippen molar-refractivity contribution < 1.29 is 0 Å². The third-order valence-corrected chi connectivity index (χ3v) is 6.24. The van der Waals surface area contributed by atoms with Crippen LogP contribution >= 0.6 is 0 Å². The number of nitrogens with two attached hydrogens (primary N) is 1. The average Bonchev–Trinajstić information content (AvgIpc) is 2.49. The Hall–Kier alpha value is -0.0800. The predicted molar refractivity (Wildman–Crippen MR) is 81.1 cm³/mol. The van der Waals surface area contributed by atoms with Gasteiger partial charge in [-0.05, 0) is 62.9 Å². The van der Waals surface area contributed by atoms with E-state index in [1.54, 1.807) is 0 Å². The molecule has 0 spiro atoms. The number of likely N-dealkylation sites (tertiary alicyclic amines) is 1. The number of hydrogen-bond donors (Lipinski definition) is 1. The van der Waals surface area contributed by atoms with Crippen molar-refractivity contribution in [2.24, 2.45) is 17.1 Å². The normalized spacial score (nSPS) is 35.8. The zero-order chi connectivity index (χ0) is 13.1. The summed E-state index contributed by atoms with van der Waals surface area (Å²) in [7, 11) is 0. The predicted octanol–water partition coefficient (Wildman–Crippen LogP) is 3.55. The maximum Gasteiger partial charge on any atom is 0.0124 e. The fraction of sp³-hybridized carbons (Fsp3) is 1.00. The minimum atomic E-state index is 0.470. The molecule has 2 heteroatoms. The third kappa shape index (κ3) is 3.00. The zero-order valence-corrected chi connectivity index (χ0v) is 12.6. The maximum absolute atomic E-state index is 6.20. The van der Waals surface area contributed by atoms with Gasteiger partial charge in [0.05, 0.1) is 0 Å². The van der Waals surface area contributed by atoms with Crippen LogP contribution < -0.4 is 5.73 Å². The summed E-state index contributed by atoms with van der Waals surface area (Å²) in [4.78, 5) is 2.87. The molecule has 0 aromatic heterocycles. The van der Waals surface area contributed by atoms with E-state index in [0.717, 1.165) is 18.5 Å². The van der Waals surface area contributed by atoms with Gasteiger partial charge < -0.3 is 5.73 Å². The van der Waals surface area contributed by atoms with Crippen molar-refractivity contribution in [3.63, 3.8) is 0 Å². The highest BCUT2D eigenvalue weighted by atomic mass is 15.2. The summed E-state index contributed by atoms with van der Waals surface area (Å²) in [5, 5.41) is 0. The van der Waals surface area contributed by atoms with Crippen molar-refractivity contribution in [1.29, 1.82) is 0 Å². The smallest absolute Gasteiger partial charge is 0.0124 e. The molecule has 0 radical (unpaired) electrons. The molecular weight excluding hydrogens is 232 g/mol. The van der Waals surface area contributed by atoms with Gasteiger partial charge in [0.25, 0.3) is 0 Å². The fourth-order valence-corrected chi connectivity index (χ4v) is 5.08. The molecule has 2 nitrogen and oxygen atoms in total. The molecule has 0 aromatic carbocycles. The second kappa shape index (κ2) is 6.13. The van der Waals surface area contributed by atoms with E-state index < -0.39 is 0 Å². The van der Waals surface area contributed by atoms with Crippen LogP contribution in [0.5, 0.6) is 0 Å². The molecule has 19 heavy (non-hydrogen) atoms. The van der Waals surface area contributed by atoms with E-state index in [-0.39, 0.29) is 0 Å². The number of rotatable bonds is 3. The van der Waals surface area contributed by atoms with Crippen LogP contribution in [0, 0.1) is 11.3 Å². The first kappa shape index (κ1) is 13.9. The largest absolute Gasteiger partial charge is 0.330 e. The molecule has 0 unspecified atom stereocenters. The highest BCUT2D eigenvalue weighted by Crippen LogP contribution is 2.40. The van der Waals surface area contributed by atoms with Crippen LogP contribution in [0.1, 0.15) is 70.6 Å². The summed E-state index contributed by atoms with van der Waals surface area (Å²) in [6.45, 7) is 3.58. The SMILES string of the molecule is NCC1(CN2CCC[C@H]3CCCC[C@H]32)CCCCC1. The Morgan fingerprint density at radius 1 is 0.895 bits per heavy atom. The third-order valence-electron chi connectivity index (χ3n) is 6.24. The molecule has 0 amide bonds. The van der Waals surface area contributed by atoms with Crippen molar-refractivity contribution in [1.82, 2.24) is 4.90 Å². The Labute approximate surface area is 119 Å². The molecule has 0 bridgehead atoms. The topological polar surface area (TPSA) is 29.3 Å². The number of fused-ring (bicyclic) bond motifs is 1. The zero-order valence-electron chi connectivity index (χ0n) is 12.6. The first-order chi connectivity index (χ1) is 9.33. The fourth-order valence-electron chi connectivity index (χ4n) is 5.08. The monoisotopic (exact) mass is 264 g/mol. The van der Waals surface area contributed by atoms with Crippen molar-refractivity contribution >= 4 is 0 Å². The van der Waals surface area contributed by atoms with Crippen LogP contribution in [-0.2, 0) is 0 Å². The lowest BCUT2D eigenvalue weighted by atomic mass is 9.71. The van der Waals surface area contributed by atoms with E-state index >= 15 is 0 Å². The van der Waals surface area contributed by atoms with Gasteiger partial charge in [0.1, 0.15) is 0 Å². The summed E-state index contributed by atoms with van der Waals surface area (Å²) in [5.74, 6) is 1.01. The Morgan fingerprint density at radius 3 is 2.42 bits per heavy atom. The number of piperidine rings is 1. The first-order valence-electron chi connectivity index (χ1n) is 8.77. The van der Waals surface area contributed by atoms with Gasteiger partial charge in [-0.2, -0.15) is 0 Å². The van der Waals surface area contributed by atoms with Crippen molar-refractivity contribution in [2.45, 2.75) is 76.7 Å². The lowest BCUT2D eigenvalue weighted by Crippen LogP contribution is -2.53. The van der Waals surface area contributed by atoms with Gasteiger partial charge in [-0.1, -0.05) is 32.1 Å². The van der Waals surface area contributed by atoms with Gasteiger partial charge in [0, 0.05) is 12.6 Å². The molecule has 2 aliphatic carbocycles. The Kier molecular flexibility index (Phi) is 4.48. The van der Waals surface area contributed by atoms with E-state index in [4.69, 9.17) is 5.73 Å². The van der Waals surface area contributed by atoms with Gasteiger partial charge in [0.2, 0.25) is 0 Å². The van der Waals surface area contributed by atoms with E-state index in [1.165, 1.54) is 83.7 Å². The van der Waals surface area contributed by atoms with E-state index in [2.05, 4.69) is 4.90 Å². The van der Waals surface area contributed by atoms with Gasteiger partial charge >= 0.3 is 0 Å². The molecule has 2 N–H and O–H groups in total. The van der Waals surface area contributed by atoms with Gasteiger partial charge in [0.15, 0.2) is 0 Å². The molecule has 110 valence electrons. The van der Waals surface area contributed by atoms with E-state index in [1.807, 2.05) is 0 Å². The van der Waals surface area contributed by atoms with Crippen LogP contribution in [0.15, 0.2) is 0 Å². The van der Waals surface area contributed by atoms with Gasteiger partial charge in [-0.25, -0.2) is 0 Å². The lowest BCUT2D eigenvalue weighted by molar-refractivity contribution is 0.0135. The van der Waals surface area contributed by atoms with Crippen LogP contribution in [0.3, 0.4) is 0 Å². The van der Waals surface area contributed by atoms with E-state index in [0.29, 0.717) is 5.41 Å². The quantitative estimate of drug-likeness (QED) is 0.844. The highest BCUT2D eigenvalue weighted by Gasteiger charge is 2.38. The Morgan fingerprint density at radius 2 is 1.63 bits per heavy atom. The van der Waals surface area contributed by atoms with Crippen molar-refractivity contribution in [2.75, 3.05) is 19.6 Å². The summed E-state index contributed by atoms with van der Waals surface area (Å²) >= 11 is 0. The molecule has 3 aliphatic rings. The molecule has 3 rings (SSSR count). The molecular formula is C17H32N2. The minimum Gasteiger partial charge on any atom is -0.330 e. The van der Waals surface area contributed by atoms with E-state index in [9.17, 15) is 0 Å².